The number of carbonyl (C=O) groups is 2. The fraction of sp³-hybridized carbons (Fsp3) is 0.235. The highest BCUT2D eigenvalue weighted by Gasteiger charge is 2.34. The first kappa shape index (κ1) is 33.7. The third-order valence-corrected chi connectivity index (χ3v) is 9.38. The first-order chi connectivity index (χ1) is 21.6. The van der Waals surface area contributed by atoms with Gasteiger partial charge in [0.25, 0.3) is 10.0 Å². The predicted molar refractivity (Wildman–Crippen MR) is 176 cm³/mol. The molecular formula is C34H35BrFN3O5S. The zero-order chi connectivity index (χ0) is 32.4. The van der Waals surface area contributed by atoms with Crippen LogP contribution in [0.5, 0.6) is 5.75 Å². The minimum Gasteiger partial charge on any atom is -0.497 e. The third-order valence-electron chi connectivity index (χ3n) is 7.10. The van der Waals surface area contributed by atoms with E-state index in [9.17, 15) is 22.4 Å². The molecular weight excluding hydrogens is 661 g/mol. The molecule has 4 aromatic carbocycles. The third kappa shape index (κ3) is 8.92. The van der Waals surface area contributed by atoms with Gasteiger partial charge in [-0.05, 0) is 78.2 Å². The van der Waals surface area contributed by atoms with Gasteiger partial charge in [0.2, 0.25) is 11.8 Å². The molecule has 0 fully saturated rings. The molecule has 45 heavy (non-hydrogen) atoms. The number of benzene rings is 4. The molecule has 0 spiro atoms. The number of hydrogen-bond donors (Lipinski definition) is 1. The van der Waals surface area contributed by atoms with E-state index in [4.69, 9.17) is 4.74 Å². The lowest BCUT2D eigenvalue weighted by Gasteiger charge is -2.34. The van der Waals surface area contributed by atoms with E-state index in [1.165, 1.54) is 48.4 Å². The Bertz CT molecular complexity index is 1690. The smallest absolute Gasteiger partial charge is 0.264 e. The van der Waals surface area contributed by atoms with Crippen LogP contribution in [0.1, 0.15) is 24.5 Å². The maximum Gasteiger partial charge on any atom is 0.264 e. The summed E-state index contributed by atoms with van der Waals surface area (Å²) < 4.78 is 48.9. The summed E-state index contributed by atoms with van der Waals surface area (Å²) in [6.45, 7) is 1.74. The Labute approximate surface area is 272 Å². The van der Waals surface area contributed by atoms with Crippen LogP contribution in [-0.4, -0.2) is 51.4 Å². The number of sulfonamides is 1. The topological polar surface area (TPSA) is 96.0 Å². The standard InChI is InChI=1S/C34H35BrFN3O5S/c1-3-20-37-34(41)32(22-25-8-5-4-6-9-25)38(23-26-10-7-11-27(35)21-26)33(40)24-39(29-14-12-28(36)13-15-29)45(42,43)31-18-16-30(44-2)17-19-31/h4-19,21,32H,3,20,22-24H2,1-2H3,(H,37,41)/t32-/m0/s1. The second-order valence-electron chi connectivity index (χ2n) is 10.3. The van der Waals surface area contributed by atoms with Crippen molar-refractivity contribution in [3.8, 4) is 5.75 Å². The number of halogens is 2. The maximum absolute atomic E-state index is 14.4. The summed E-state index contributed by atoms with van der Waals surface area (Å²) in [4.78, 5) is 29.4. The van der Waals surface area contributed by atoms with Gasteiger partial charge in [-0.15, -0.1) is 0 Å². The van der Waals surface area contributed by atoms with Gasteiger partial charge >= 0.3 is 0 Å². The highest BCUT2D eigenvalue weighted by molar-refractivity contribution is 9.10. The van der Waals surface area contributed by atoms with Crippen molar-refractivity contribution in [2.45, 2.75) is 37.2 Å². The molecule has 0 heterocycles. The van der Waals surface area contributed by atoms with E-state index in [0.29, 0.717) is 18.7 Å². The van der Waals surface area contributed by atoms with Gasteiger partial charge < -0.3 is 15.0 Å². The molecule has 0 saturated heterocycles. The molecule has 0 aliphatic carbocycles. The van der Waals surface area contributed by atoms with Crippen molar-refractivity contribution < 1.29 is 27.1 Å². The van der Waals surface area contributed by atoms with Crippen LogP contribution in [0.15, 0.2) is 112 Å². The van der Waals surface area contributed by atoms with E-state index in [0.717, 1.165) is 32.0 Å². The number of anilines is 1. The second-order valence-corrected chi connectivity index (χ2v) is 13.1. The molecule has 0 saturated carbocycles. The number of methoxy groups -OCH3 is 1. The van der Waals surface area contributed by atoms with E-state index in [1.807, 2.05) is 61.5 Å². The molecule has 8 nitrogen and oxygen atoms in total. The number of amides is 2. The molecule has 236 valence electrons. The van der Waals surface area contributed by atoms with Crippen LogP contribution < -0.4 is 14.4 Å². The number of nitrogens with one attached hydrogen (secondary N) is 1. The molecule has 4 rings (SSSR count). The average molecular weight is 697 g/mol. The Morgan fingerprint density at radius 1 is 0.911 bits per heavy atom. The highest BCUT2D eigenvalue weighted by atomic mass is 79.9. The van der Waals surface area contributed by atoms with Gasteiger partial charge in [0.1, 0.15) is 24.2 Å². The molecule has 0 aromatic heterocycles. The van der Waals surface area contributed by atoms with Crippen LogP contribution in [-0.2, 0) is 32.6 Å². The molecule has 1 N–H and O–H groups in total. The normalized spacial score (nSPS) is 11.8. The van der Waals surface area contributed by atoms with E-state index < -0.39 is 34.3 Å². The van der Waals surface area contributed by atoms with Crippen molar-refractivity contribution in [2.75, 3.05) is 24.5 Å². The number of carbonyl (C=O) groups excluding carboxylic acids is 2. The van der Waals surface area contributed by atoms with Crippen molar-refractivity contribution >= 4 is 43.5 Å². The summed E-state index contributed by atoms with van der Waals surface area (Å²) in [5.74, 6) is -1.06. The van der Waals surface area contributed by atoms with Crippen molar-refractivity contribution in [3.63, 3.8) is 0 Å². The van der Waals surface area contributed by atoms with Crippen LogP contribution in [0.4, 0.5) is 10.1 Å². The predicted octanol–water partition coefficient (Wildman–Crippen LogP) is 5.96. The molecule has 4 aromatic rings. The van der Waals surface area contributed by atoms with Gasteiger partial charge in [0.15, 0.2) is 0 Å². The Balaban J connectivity index is 1.79. The average Bonchev–Trinajstić information content (AvgIpc) is 3.05. The fourth-order valence-electron chi connectivity index (χ4n) is 4.76. The molecule has 0 unspecified atom stereocenters. The van der Waals surface area contributed by atoms with Crippen molar-refractivity contribution in [2.24, 2.45) is 0 Å². The molecule has 11 heteroatoms. The minimum atomic E-state index is -4.32. The van der Waals surface area contributed by atoms with Gasteiger partial charge in [0, 0.05) is 24.0 Å². The van der Waals surface area contributed by atoms with Gasteiger partial charge in [0.05, 0.1) is 17.7 Å². The fourth-order valence-corrected chi connectivity index (χ4v) is 6.62. The Morgan fingerprint density at radius 3 is 2.20 bits per heavy atom. The van der Waals surface area contributed by atoms with Crippen LogP contribution in [0.3, 0.4) is 0 Å². The van der Waals surface area contributed by atoms with Gasteiger partial charge in [-0.25, -0.2) is 12.8 Å². The first-order valence-electron chi connectivity index (χ1n) is 14.4. The Kier molecular flexibility index (Phi) is 11.7. The van der Waals surface area contributed by atoms with E-state index in [-0.39, 0.29) is 29.5 Å². The molecule has 0 radical (unpaired) electrons. The number of nitrogens with zero attached hydrogens (tertiary/aromatic N) is 2. The van der Waals surface area contributed by atoms with Crippen molar-refractivity contribution in [3.05, 3.63) is 125 Å². The van der Waals surface area contributed by atoms with Crippen LogP contribution in [0, 0.1) is 5.82 Å². The zero-order valence-electron chi connectivity index (χ0n) is 25.0. The minimum absolute atomic E-state index is 0.0369. The first-order valence-corrected chi connectivity index (χ1v) is 16.6. The van der Waals surface area contributed by atoms with Gasteiger partial charge in [-0.2, -0.15) is 0 Å². The summed E-state index contributed by atoms with van der Waals surface area (Å²) in [6, 6.07) is 26.4. The molecule has 1 atom stereocenters. The Morgan fingerprint density at radius 2 is 1.58 bits per heavy atom. The van der Waals surface area contributed by atoms with E-state index >= 15 is 0 Å². The van der Waals surface area contributed by atoms with Gasteiger partial charge in [-0.3, -0.25) is 13.9 Å². The molecule has 0 aliphatic rings. The number of ether oxygens (including phenoxy) is 1. The molecule has 0 bridgehead atoms. The Hall–Kier alpha value is -4.22. The largest absolute Gasteiger partial charge is 0.497 e. The van der Waals surface area contributed by atoms with Crippen molar-refractivity contribution in [1.29, 1.82) is 0 Å². The number of hydrogen-bond acceptors (Lipinski definition) is 5. The molecule has 0 aliphatic heterocycles. The lowest BCUT2D eigenvalue weighted by atomic mass is 10.0. The van der Waals surface area contributed by atoms with E-state index in [2.05, 4.69) is 21.2 Å². The van der Waals surface area contributed by atoms with E-state index in [1.54, 1.807) is 0 Å². The second kappa shape index (κ2) is 15.7. The van der Waals surface area contributed by atoms with Gasteiger partial charge in [-0.1, -0.05) is 65.3 Å². The summed E-state index contributed by atoms with van der Waals surface area (Å²) in [5.41, 5.74) is 1.67. The summed E-state index contributed by atoms with van der Waals surface area (Å²) in [6.07, 6.45) is 0.903. The maximum atomic E-state index is 14.4. The SMILES string of the molecule is CCCNC(=O)[C@H](Cc1ccccc1)N(Cc1cccc(Br)c1)C(=O)CN(c1ccc(F)cc1)S(=O)(=O)c1ccc(OC)cc1. The lowest BCUT2D eigenvalue weighted by molar-refractivity contribution is -0.140. The monoisotopic (exact) mass is 695 g/mol. The van der Waals surface area contributed by atoms with Crippen molar-refractivity contribution in [1.82, 2.24) is 10.2 Å². The summed E-state index contributed by atoms with van der Waals surface area (Å²) >= 11 is 3.47. The zero-order valence-corrected chi connectivity index (χ0v) is 27.4. The number of rotatable bonds is 14. The molecule has 2 amide bonds. The summed E-state index contributed by atoms with van der Waals surface area (Å²) in [7, 11) is -2.85. The van der Waals surface area contributed by atoms with Crippen LogP contribution in [0.2, 0.25) is 0 Å². The van der Waals surface area contributed by atoms with Crippen LogP contribution in [0.25, 0.3) is 0 Å². The quantitative estimate of drug-likeness (QED) is 0.176. The summed E-state index contributed by atoms with van der Waals surface area (Å²) in [5, 5.41) is 2.92. The highest BCUT2D eigenvalue weighted by Crippen LogP contribution is 2.27. The van der Waals surface area contributed by atoms with Crippen LogP contribution >= 0.6 is 15.9 Å². The lowest BCUT2D eigenvalue weighted by Crippen LogP contribution is -2.53.